The molecule has 0 bridgehead atoms. The predicted octanol–water partition coefficient (Wildman–Crippen LogP) is 2.18. The summed E-state index contributed by atoms with van der Waals surface area (Å²) in [5, 5.41) is 2.79. The van der Waals surface area contributed by atoms with E-state index in [1.807, 2.05) is 0 Å². The predicted molar refractivity (Wildman–Crippen MR) is 64.1 cm³/mol. The van der Waals surface area contributed by atoms with E-state index in [0.717, 1.165) is 5.56 Å². The van der Waals surface area contributed by atoms with Crippen LogP contribution >= 0.6 is 0 Å². The van der Waals surface area contributed by atoms with Crippen molar-refractivity contribution in [3.05, 3.63) is 35.1 Å². The van der Waals surface area contributed by atoms with Crippen LogP contribution in [0, 0.1) is 12.7 Å². The number of amides is 1. The molecule has 0 radical (unpaired) electrons. The summed E-state index contributed by atoms with van der Waals surface area (Å²) in [6.07, 6.45) is 1.17. The van der Waals surface area contributed by atoms with Crippen LogP contribution in [-0.4, -0.2) is 19.6 Å². The van der Waals surface area contributed by atoms with Crippen molar-refractivity contribution < 1.29 is 13.9 Å². The van der Waals surface area contributed by atoms with Gasteiger partial charge in [-0.25, -0.2) is 4.39 Å². The van der Waals surface area contributed by atoms with Crippen LogP contribution in [0.3, 0.4) is 0 Å². The molecule has 1 N–H and O–H groups in total. The van der Waals surface area contributed by atoms with E-state index in [4.69, 9.17) is 4.74 Å². The fourth-order valence-electron chi connectivity index (χ4n) is 1.48. The van der Waals surface area contributed by atoms with Crippen LogP contribution in [0.4, 0.5) is 4.39 Å². The zero-order chi connectivity index (χ0) is 12.7. The molecule has 0 atom stereocenters. The molecule has 0 unspecified atom stereocenters. The number of benzene rings is 1. The first kappa shape index (κ1) is 13.6. The van der Waals surface area contributed by atoms with Crippen LogP contribution in [0.5, 0.6) is 0 Å². The molecule has 0 aliphatic heterocycles. The number of aryl methyl sites for hydroxylation is 1. The molecule has 0 fully saturated rings. The molecule has 0 saturated heterocycles. The number of hydrogen-bond acceptors (Lipinski definition) is 2. The van der Waals surface area contributed by atoms with Gasteiger partial charge in [-0.15, -0.1) is 0 Å². The lowest BCUT2D eigenvalue weighted by molar-refractivity contribution is -0.121. The van der Waals surface area contributed by atoms with E-state index in [-0.39, 0.29) is 11.7 Å². The summed E-state index contributed by atoms with van der Waals surface area (Å²) in [5.74, 6) is -0.232. The molecule has 1 amide bonds. The Balaban J connectivity index is 2.34. The summed E-state index contributed by atoms with van der Waals surface area (Å²) in [6.45, 7) is 2.73. The number of nitrogens with one attached hydrogen (secondary N) is 1. The van der Waals surface area contributed by atoms with Crippen LogP contribution in [0.25, 0.3) is 0 Å². The minimum absolute atomic E-state index is 0.0102. The first-order valence-electron chi connectivity index (χ1n) is 5.64. The fourth-order valence-corrected chi connectivity index (χ4v) is 1.48. The molecule has 0 aromatic heterocycles. The first-order chi connectivity index (χ1) is 8.13. The Bertz CT molecular complexity index is 380. The molecule has 0 aliphatic rings. The molecule has 4 heteroatoms. The molecule has 0 spiro atoms. The largest absolute Gasteiger partial charge is 0.385 e. The third-order valence-corrected chi connectivity index (χ3v) is 2.46. The van der Waals surface area contributed by atoms with E-state index in [1.165, 1.54) is 6.07 Å². The summed E-state index contributed by atoms with van der Waals surface area (Å²) in [4.78, 5) is 11.4. The molecule has 17 heavy (non-hydrogen) atoms. The summed E-state index contributed by atoms with van der Waals surface area (Å²) < 4.78 is 17.9. The second-order valence-corrected chi connectivity index (χ2v) is 3.96. The van der Waals surface area contributed by atoms with Crippen molar-refractivity contribution in [1.29, 1.82) is 0 Å². The van der Waals surface area contributed by atoms with Crippen LogP contribution in [0.1, 0.15) is 24.0 Å². The number of carbonyl (C=O) groups is 1. The van der Waals surface area contributed by atoms with Crippen molar-refractivity contribution >= 4 is 5.91 Å². The van der Waals surface area contributed by atoms with Crippen molar-refractivity contribution in [3.63, 3.8) is 0 Å². The summed E-state index contributed by atoms with van der Waals surface area (Å²) in [6, 6.07) is 4.84. The minimum atomic E-state index is -0.222. The zero-order valence-electron chi connectivity index (χ0n) is 10.3. The van der Waals surface area contributed by atoms with E-state index in [2.05, 4.69) is 5.32 Å². The molecular formula is C13H18FNO2. The lowest BCUT2D eigenvalue weighted by Crippen LogP contribution is -2.22. The Hall–Kier alpha value is -1.42. The summed E-state index contributed by atoms with van der Waals surface area (Å²) in [7, 11) is 1.61. The quantitative estimate of drug-likeness (QED) is 0.773. The van der Waals surface area contributed by atoms with Crippen molar-refractivity contribution in [1.82, 2.24) is 5.32 Å². The van der Waals surface area contributed by atoms with E-state index in [1.54, 1.807) is 26.2 Å². The van der Waals surface area contributed by atoms with Crippen molar-refractivity contribution in [2.45, 2.75) is 26.3 Å². The van der Waals surface area contributed by atoms with Gasteiger partial charge >= 0.3 is 0 Å². The maximum absolute atomic E-state index is 13.0. The Labute approximate surface area is 101 Å². The molecule has 1 aromatic rings. The molecule has 1 aromatic carbocycles. The minimum Gasteiger partial charge on any atom is -0.385 e. The number of hydrogen-bond donors (Lipinski definition) is 1. The monoisotopic (exact) mass is 239 g/mol. The molecule has 0 aliphatic carbocycles. The maximum Gasteiger partial charge on any atom is 0.220 e. The number of ether oxygens (including phenoxy) is 1. The number of methoxy groups -OCH3 is 1. The zero-order valence-corrected chi connectivity index (χ0v) is 10.3. The highest BCUT2D eigenvalue weighted by Crippen LogP contribution is 2.08. The molecular weight excluding hydrogens is 221 g/mol. The van der Waals surface area contributed by atoms with Gasteiger partial charge < -0.3 is 10.1 Å². The smallest absolute Gasteiger partial charge is 0.220 e. The van der Waals surface area contributed by atoms with Gasteiger partial charge in [-0.2, -0.15) is 0 Å². The summed E-state index contributed by atoms with van der Waals surface area (Å²) >= 11 is 0. The van der Waals surface area contributed by atoms with Crippen molar-refractivity contribution in [2.24, 2.45) is 0 Å². The van der Waals surface area contributed by atoms with Crippen molar-refractivity contribution in [3.8, 4) is 0 Å². The van der Waals surface area contributed by atoms with Gasteiger partial charge in [-0.1, -0.05) is 12.1 Å². The third kappa shape index (κ3) is 4.95. The SMILES string of the molecule is COCCCC(=O)NCc1ccc(F)c(C)c1. The first-order valence-corrected chi connectivity index (χ1v) is 5.64. The number of carbonyl (C=O) groups excluding carboxylic acids is 1. The number of halogens is 1. The van der Waals surface area contributed by atoms with Gasteiger partial charge in [-0.3, -0.25) is 4.79 Å². The molecule has 0 heterocycles. The van der Waals surface area contributed by atoms with E-state index in [9.17, 15) is 9.18 Å². The fraction of sp³-hybridized carbons (Fsp3) is 0.462. The van der Waals surface area contributed by atoms with E-state index < -0.39 is 0 Å². The Morgan fingerprint density at radius 3 is 2.88 bits per heavy atom. The van der Waals surface area contributed by atoms with E-state index >= 15 is 0 Å². The second kappa shape index (κ2) is 7.01. The highest BCUT2D eigenvalue weighted by atomic mass is 19.1. The normalized spacial score (nSPS) is 10.3. The van der Waals surface area contributed by atoms with Crippen molar-refractivity contribution in [2.75, 3.05) is 13.7 Å². The van der Waals surface area contributed by atoms with Gasteiger partial charge in [0, 0.05) is 26.7 Å². The van der Waals surface area contributed by atoms with Crippen LogP contribution in [-0.2, 0) is 16.1 Å². The highest BCUT2D eigenvalue weighted by molar-refractivity contribution is 5.75. The molecule has 0 saturated carbocycles. The Kier molecular flexibility index (Phi) is 5.63. The average Bonchev–Trinajstić information content (AvgIpc) is 2.31. The van der Waals surface area contributed by atoms with Gasteiger partial charge in [0.15, 0.2) is 0 Å². The number of rotatable bonds is 6. The topological polar surface area (TPSA) is 38.3 Å². The van der Waals surface area contributed by atoms with Gasteiger partial charge in [0.25, 0.3) is 0 Å². The second-order valence-electron chi connectivity index (χ2n) is 3.96. The highest BCUT2D eigenvalue weighted by Gasteiger charge is 2.02. The summed E-state index contributed by atoms with van der Waals surface area (Å²) in [5.41, 5.74) is 1.50. The van der Waals surface area contributed by atoms with E-state index in [0.29, 0.717) is 31.6 Å². The van der Waals surface area contributed by atoms with Crippen LogP contribution in [0.2, 0.25) is 0 Å². The van der Waals surface area contributed by atoms with Crippen LogP contribution < -0.4 is 5.32 Å². The molecule has 1 rings (SSSR count). The Morgan fingerprint density at radius 2 is 2.24 bits per heavy atom. The van der Waals surface area contributed by atoms with Gasteiger partial charge in [-0.05, 0) is 30.5 Å². The van der Waals surface area contributed by atoms with Gasteiger partial charge in [0.2, 0.25) is 5.91 Å². The van der Waals surface area contributed by atoms with Gasteiger partial charge in [0.1, 0.15) is 5.82 Å². The maximum atomic E-state index is 13.0. The van der Waals surface area contributed by atoms with Gasteiger partial charge in [0.05, 0.1) is 0 Å². The van der Waals surface area contributed by atoms with Crippen LogP contribution in [0.15, 0.2) is 18.2 Å². The molecule has 3 nitrogen and oxygen atoms in total. The standard InChI is InChI=1S/C13H18FNO2/c1-10-8-11(5-6-12(10)14)9-15-13(16)4-3-7-17-2/h5-6,8H,3-4,7,9H2,1-2H3,(H,15,16). The lowest BCUT2D eigenvalue weighted by Gasteiger charge is -2.06. The average molecular weight is 239 g/mol. The Morgan fingerprint density at radius 1 is 1.47 bits per heavy atom. The lowest BCUT2D eigenvalue weighted by atomic mass is 10.1. The molecule has 94 valence electrons. The third-order valence-electron chi connectivity index (χ3n) is 2.46.